The molecule has 1 atom stereocenters. The molecule has 5 nitrogen and oxygen atoms in total. The van der Waals surface area contributed by atoms with Gasteiger partial charge in [-0.25, -0.2) is 0 Å². The Morgan fingerprint density at radius 2 is 1.90 bits per heavy atom. The van der Waals surface area contributed by atoms with Crippen molar-refractivity contribution in [2.45, 2.75) is 25.2 Å². The molecule has 1 heterocycles. The summed E-state index contributed by atoms with van der Waals surface area (Å²) in [5, 5.41) is 17.4. The predicted octanol–water partition coefficient (Wildman–Crippen LogP) is 5.14. The van der Waals surface area contributed by atoms with Gasteiger partial charge in [-0.2, -0.15) is 5.26 Å². The van der Waals surface area contributed by atoms with E-state index in [2.05, 4.69) is 16.7 Å². The van der Waals surface area contributed by atoms with Crippen LogP contribution in [0.15, 0.2) is 76.5 Å². The third-order valence-electron chi connectivity index (χ3n) is 5.27. The van der Waals surface area contributed by atoms with Gasteiger partial charge in [0, 0.05) is 28.4 Å². The molecule has 2 N–H and O–H groups in total. The third-order valence-corrected chi connectivity index (χ3v) is 6.54. The summed E-state index contributed by atoms with van der Waals surface area (Å²) >= 11 is 7.33. The molecule has 1 unspecified atom stereocenters. The second-order valence-electron chi connectivity index (χ2n) is 7.34. The second-order valence-corrected chi connectivity index (χ2v) is 8.76. The summed E-state index contributed by atoms with van der Waals surface area (Å²) in [6.45, 7) is 0. The monoisotopic (exact) mass is 449 g/mol. The highest BCUT2D eigenvalue weighted by molar-refractivity contribution is 8.03. The molecule has 0 spiro atoms. The first kappa shape index (κ1) is 21.2. The number of anilines is 1. The standard InChI is InChI=1S/C24H20ClN3O2S/c25-16-11-9-15(10-12-16)22-18(13-26)24(28-19-7-4-8-20(29)23(19)22)31-14-21(30)27-17-5-2-1-3-6-17/h1-3,5-6,9-12,22,28H,4,7-8,14H2,(H,27,30). The van der Waals surface area contributed by atoms with Crippen LogP contribution in [0, 0.1) is 11.3 Å². The van der Waals surface area contributed by atoms with Crippen LogP contribution in [0.3, 0.4) is 0 Å². The second kappa shape index (κ2) is 9.42. The van der Waals surface area contributed by atoms with Crippen molar-refractivity contribution < 1.29 is 9.59 Å². The lowest BCUT2D eigenvalue weighted by atomic mass is 9.77. The van der Waals surface area contributed by atoms with Crippen LogP contribution in [0.4, 0.5) is 5.69 Å². The molecule has 1 amide bonds. The lowest BCUT2D eigenvalue weighted by molar-refractivity contribution is -0.116. The first-order chi connectivity index (χ1) is 15.1. The Morgan fingerprint density at radius 3 is 2.61 bits per heavy atom. The quantitative estimate of drug-likeness (QED) is 0.660. The van der Waals surface area contributed by atoms with Crippen molar-refractivity contribution in [3.63, 3.8) is 0 Å². The number of para-hydroxylation sites is 1. The zero-order chi connectivity index (χ0) is 21.8. The number of thioether (sulfide) groups is 1. The number of carbonyl (C=O) groups excluding carboxylic acids is 2. The van der Waals surface area contributed by atoms with Gasteiger partial charge in [-0.1, -0.05) is 53.7 Å². The summed E-state index contributed by atoms with van der Waals surface area (Å²) < 4.78 is 0. The molecular weight excluding hydrogens is 430 g/mol. The van der Waals surface area contributed by atoms with E-state index in [4.69, 9.17) is 11.6 Å². The molecule has 2 aliphatic rings. The molecule has 1 aliphatic carbocycles. The average Bonchev–Trinajstić information content (AvgIpc) is 2.78. The van der Waals surface area contributed by atoms with Crippen molar-refractivity contribution in [3.8, 4) is 6.07 Å². The molecule has 1 aliphatic heterocycles. The number of nitrogens with one attached hydrogen (secondary N) is 2. The van der Waals surface area contributed by atoms with Gasteiger partial charge in [-0.05, 0) is 42.7 Å². The van der Waals surface area contributed by atoms with Crippen molar-refractivity contribution in [2.75, 3.05) is 11.1 Å². The van der Waals surface area contributed by atoms with Crippen LogP contribution in [0.1, 0.15) is 30.7 Å². The molecule has 156 valence electrons. The number of dihydropyridines is 1. The van der Waals surface area contributed by atoms with E-state index in [1.807, 2.05) is 42.5 Å². The summed E-state index contributed by atoms with van der Waals surface area (Å²) in [7, 11) is 0. The topological polar surface area (TPSA) is 82.0 Å². The number of benzene rings is 2. The largest absolute Gasteiger partial charge is 0.352 e. The summed E-state index contributed by atoms with van der Waals surface area (Å²) in [4.78, 5) is 25.2. The molecule has 31 heavy (non-hydrogen) atoms. The Bertz CT molecular complexity index is 1120. The number of rotatable bonds is 5. The maximum atomic E-state index is 12.8. The number of Topliss-reactive ketones (excluding diaryl/α,β-unsaturated/α-hetero) is 1. The van der Waals surface area contributed by atoms with Crippen LogP contribution >= 0.6 is 23.4 Å². The number of amides is 1. The fraction of sp³-hybridized carbons (Fsp3) is 0.208. The Balaban J connectivity index is 1.62. The zero-order valence-corrected chi connectivity index (χ0v) is 18.2. The molecule has 0 fully saturated rings. The van der Waals surface area contributed by atoms with E-state index < -0.39 is 5.92 Å². The van der Waals surface area contributed by atoms with E-state index in [1.165, 1.54) is 11.8 Å². The van der Waals surface area contributed by atoms with Crippen molar-refractivity contribution in [1.29, 1.82) is 5.26 Å². The number of hydrogen-bond donors (Lipinski definition) is 2. The summed E-state index contributed by atoms with van der Waals surface area (Å²) in [6.07, 6.45) is 1.99. The van der Waals surface area contributed by atoms with Gasteiger partial charge < -0.3 is 10.6 Å². The Labute approximate surface area is 190 Å². The van der Waals surface area contributed by atoms with Crippen LogP contribution in [0.2, 0.25) is 5.02 Å². The number of hydrogen-bond acceptors (Lipinski definition) is 5. The lowest BCUT2D eigenvalue weighted by Crippen LogP contribution is -2.31. The van der Waals surface area contributed by atoms with E-state index in [-0.39, 0.29) is 17.4 Å². The Kier molecular flexibility index (Phi) is 6.45. The number of nitrogens with zero attached hydrogens (tertiary/aromatic N) is 1. The fourth-order valence-corrected chi connectivity index (χ4v) is 4.87. The maximum Gasteiger partial charge on any atom is 0.234 e. The normalized spacial score (nSPS) is 18.2. The summed E-state index contributed by atoms with van der Waals surface area (Å²) in [6, 6.07) is 18.8. The van der Waals surface area contributed by atoms with Gasteiger partial charge >= 0.3 is 0 Å². The van der Waals surface area contributed by atoms with Gasteiger partial charge in [0.1, 0.15) is 0 Å². The number of ketones is 1. The molecule has 4 rings (SSSR count). The van der Waals surface area contributed by atoms with Crippen molar-refractivity contribution in [2.24, 2.45) is 0 Å². The molecule has 7 heteroatoms. The van der Waals surface area contributed by atoms with Gasteiger partial charge in [-0.3, -0.25) is 9.59 Å². The fourth-order valence-electron chi connectivity index (χ4n) is 3.88. The highest BCUT2D eigenvalue weighted by Gasteiger charge is 2.37. The van der Waals surface area contributed by atoms with E-state index in [1.54, 1.807) is 12.1 Å². The van der Waals surface area contributed by atoms with Gasteiger partial charge in [0.15, 0.2) is 5.78 Å². The van der Waals surface area contributed by atoms with Crippen LogP contribution in [-0.2, 0) is 9.59 Å². The van der Waals surface area contributed by atoms with Gasteiger partial charge in [-0.15, -0.1) is 0 Å². The highest BCUT2D eigenvalue weighted by Crippen LogP contribution is 2.44. The van der Waals surface area contributed by atoms with Crippen LogP contribution in [0.5, 0.6) is 0 Å². The third kappa shape index (κ3) is 4.68. The number of nitriles is 1. The van der Waals surface area contributed by atoms with Crippen LogP contribution in [-0.4, -0.2) is 17.4 Å². The molecule has 0 radical (unpaired) electrons. The zero-order valence-electron chi connectivity index (χ0n) is 16.7. The van der Waals surface area contributed by atoms with Crippen LogP contribution in [0.25, 0.3) is 0 Å². The molecule has 0 bridgehead atoms. The number of carbonyl (C=O) groups is 2. The predicted molar refractivity (Wildman–Crippen MR) is 123 cm³/mol. The van der Waals surface area contributed by atoms with Crippen molar-refractivity contribution in [3.05, 3.63) is 87.1 Å². The van der Waals surface area contributed by atoms with E-state index in [0.29, 0.717) is 27.6 Å². The number of halogens is 1. The molecular formula is C24H20ClN3O2S. The minimum Gasteiger partial charge on any atom is -0.352 e. The average molecular weight is 450 g/mol. The van der Waals surface area contributed by atoms with E-state index in [0.717, 1.165) is 29.8 Å². The lowest BCUT2D eigenvalue weighted by Gasteiger charge is -2.33. The van der Waals surface area contributed by atoms with Gasteiger partial charge in [0.25, 0.3) is 0 Å². The SMILES string of the molecule is N#CC1=C(SCC(=O)Nc2ccccc2)NC2=C(C(=O)CCC2)C1c1ccc(Cl)cc1. The van der Waals surface area contributed by atoms with Crippen molar-refractivity contribution in [1.82, 2.24) is 5.32 Å². The summed E-state index contributed by atoms with van der Waals surface area (Å²) in [5.41, 5.74) is 3.52. The van der Waals surface area contributed by atoms with E-state index >= 15 is 0 Å². The first-order valence-electron chi connectivity index (χ1n) is 9.97. The smallest absolute Gasteiger partial charge is 0.234 e. The van der Waals surface area contributed by atoms with Crippen molar-refractivity contribution >= 4 is 40.7 Å². The molecule has 2 aromatic rings. The molecule has 2 aromatic carbocycles. The Morgan fingerprint density at radius 1 is 1.16 bits per heavy atom. The maximum absolute atomic E-state index is 12.8. The molecule has 0 saturated heterocycles. The number of allylic oxidation sites excluding steroid dienone is 3. The first-order valence-corrected chi connectivity index (χ1v) is 11.3. The van der Waals surface area contributed by atoms with Gasteiger partial charge in [0.2, 0.25) is 5.91 Å². The van der Waals surface area contributed by atoms with Crippen LogP contribution < -0.4 is 10.6 Å². The molecule has 0 aromatic heterocycles. The summed E-state index contributed by atoms with van der Waals surface area (Å²) in [5.74, 6) is -0.407. The minimum absolute atomic E-state index is 0.0623. The highest BCUT2D eigenvalue weighted by atomic mass is 35.5. The Hall–Kier alpha value is -3.01. The minimum atomic E-state index is -0.453. The van der Waals surface area contributed by atoms with E-state index in [9.17, 15) is 14.9 Å². The molecule has 0 saturated carbocycles. The van der Waals surface area contributed by atoms with Gasteiger partial charge in [0.05, 0.1) is 28.3 Å².